The number of rotatable bonds is 7. The summed E-state index contributed by atoms with van der Waals surface area (Å²) in [6, 6.07) is 1.86. The van der Waals surface area contributed by atoms with Crippen LogP contribution < -0.4 is 4.74 Å². The molecule has 0 saturated heterocycles. The smallest absolute Gasteiger partial charge is 0.176 e. The van der Waals surface area contributed by atoms with Gasteiger partial charge in [0, 0.05) is 5.02 Å². The first-order chi connectivity index (χ1) is 9.02. The Morgan fingerprint density at radius 1 is 1.37 bits per heavy atom. The van der Waals surface area contributed by atoms with Crippen LogP contribution in [0.4, 0.5) is 0 Å². The van der Waals surface area contributed by atoms with E-state index < -0.39 is 0 Å². The molecule has 2 nitrogen and oxygen atoms in total. The molecule has 1 rings (SSSR count). The Hall–Kier alpha value is -0.670. The summed E-state index contributed by atoms with van der Waals surface area (Å²) in [6.07, 6.45) is 1.07. The van der Waals surface area contributed by atoms with E-state index in [1.807, 2.05) is 26.8 Å². The lowest BCUT2D eigenvalue weighted by Gasteiger charge is -2.15. The van der Waals surface area contributed by atoms with Gasteiger partial charge in [-0.1, -0.05) is 18.5 Å². The number of halogens is 1. The highest BCUT2D eigenvalue weighted by atomic mass is 35.5. The van der Waals surface area contributed by atoms with Crippen molar-refractivity contribution < 1.29 is 9.53 Å². The Balaban J connectivity index is 3.09. The van der Waals surface area contributed by atoms with Gasteiger partial charge in [0.2, 0.25) is 0 Å². The molecule has 0 aromatic heterocycles. The molecule has 0 unspecified atom stereocenters. The van der Waals surface area contributed by atoms with E-state index in [0.29, 0.717) is 28.7 Å². The van der Waals surface area contributed by atoms with Crippen molar-refractivity contribution in [2.45, 2.75) is 34.1 Å². The molecule has 0 fully saturated rings. The zero-order valence-corrected chi connectivity index (χ0v) is 13.6. The van der Waals surface area contributed by atoms with Gasteiger partial charge in [-0.25, -0.2) is 0 Å². The summed E-state index contributed by atoms with van der Waals surface area (Å²) in [6.45, 7) is 8.38. The van der Waals surface area contributed by atoms with Gasteiger partial charge < -0.3 is 4.74 Å². The molecule has 1 aromatic carbocycles. The number of hydrogen-bond acceptors (Lipinski definition) is 3. The molecule has 0 heterocycles. The Morgan fingerprint density at radius 2 is 2.05 bits per heavy atom. The van der Waals surface area contributed by atoms with E-state index in [1.165, 1.54) is 0 Å². The number of benzene rings is 1. The minimum atomic E-state index is 0.0984. The second kappa shape index (κ2) is 7.81. The molecule has 0 atom stereocenters. The molecule has 4 heteroatoms. The molecular formula is C15H21ClO2S. The normalized spacial score (nSPS) is 10.6. The van der Waals surface area contributed by atoms with Crippen molar-refractivity contribution in [3.8, 4) is 5.75 Å². The molecule has 0 N–H and O–H groups in total. The standard InChI is InChI=1S/C15H21ClO2S/c1-5-7-19-9-12(17)14-11(4)15(16)10(3)8-13(14)18-6-2/h8H,5-7,9H2,1-4H3. The first-order valence-corrected chi connectivity index (χ1v) is 8.09. The topological polar surface area (TPSA) is 26.3 Å². The summed E-state index contributed by atoms with van der Waals surface area (Å²) < 4.78 is 5.59. The first-order valence-electron chi connectivity index (χ1n) is 6.56. The molecule has 1 aromatic rings. The van der Waals surface area contributed by atoms with Crippen LogP contribution in [0.2, 0.25) is 5.02 Å². The molecule has 106 valence electrons. The van der Waals surface area contributed by atoms with Crippen LogP contribution in [0, 0.1) is 13.8 Å². The minimum absolute atomic E-state index is 0.0984. The maximum Gasteiger partial charge on any atom is 0.176 e. The maximum absolute atomic E-state index is 12.3. The van der Waals surface area contributed by atoms with Crippen molar-refractivity contribution in [1.29, 1.82) is 0 Å². The Kier molecular flexibility index (Phi) is 6.73. The zero-order chi connectivity index (χ0) is 14.4. The number of carbonyl (C=O) groups excluding carboxylic acids is 1. The second-order valence-corrected chi connectivity index (χ2v) is 5.90. The first kappa shape index (κ1) is 16.4. The lowest BCUT2D eigenvalue weighted by atomic mass is 10.0. The Morgan fingerprint density at radius 3 is 2.63 bits per heavy atom. The molecule has 0 radical (unpaired) electrons. The number of ketones is 1. The van der Waals surface area contributed by atoms with Crippen molar-refractivity contribution in [3.63, 3.8) is 0 Å². The molecule has 0 aliphatic carbocycles. The van der Waals surface area contributed by atoms with Crippen molar-refractivity contribution in [3.05, 3.63) is 27.8 Å². The van der Waals surface area contributed by atoms with Gasteiger partial charge in [0.15, 0.2) is 5.78 Å². The number of thioether (sulfide) groups is 1. The summed E-state index contributed by atoms with van der Waals surface area (Å²) in [4.78, 5) is 12.3. The lowest BCUT2D eigenvalue weighted by Crippen LogP contribution is -2.10. The van der Waals surface area contributed by atoms with Gasteiger partial charge in [0.05, 0.1) is 17.9 Å². The van der Waals surface area contributed by atoms with E-state index in [9.17, 15) is 4.79 Å². The highest BCUT2D eigenvalue weighted by Crippen LogP contribution is 2.32. The summed E-state index contributed by atoms with van der Waals surface area (Å²) >= 11 is 7.90. The molecule has 0 aliphatic heterocycles. The van der Waals surface area contributed by atoms with E-state index in [-0.39, 0.29) is 5.78 Å². The van der Waals surface area contributed by atoms with E-state index in [0.717, 1.165) is 23.3 Å². The van der Waals surface area contributed by atoms with Gasteiger partial charge >= 0.3 is 0 Å². The van der Waals surface area contributed by atoms with Gasteiger partial charge in [-0.05, 0) is 50.1 Å². The Labute approximate surface area is 124 Å². The summed E-state index contributed by atoms with van der Waals surface area (Å²) in [5.41, 5.74) is 2.41. The molecule has 0 aliphatic rings. The van der Waals surface area contributed by atoms with Gasteiger partial charge in [0.25, 0.3) is 0 Å². The monoisotopic (exact) mass is 300 g/mol. The van der Waals surface area contributed by atoms with Gasteiger partial charge in [0.1, 0.15) is 5.75 Å². The number of hydrogen-bond donors (Lipinski definition) is 0. The van der Waals surface area contributed by atoms with Crippen LogP contribution >= 0.6 is 23.4 Å². The zero-order valence-electron chi connectivity index (χ0n) is 12.0. The summed E-state index contributed by atoms with van der Waals surface area (Å²) in [5.74, 6) is 2.23. The van der Waals surface area contributed by atoms with Crippen molar-refractivity contribution in [2.75, 3.05) is 18.1 Å². The van der Waals surface area contributed by atoms with Crippen LogP contribution in [-0.2, 0) is 0 Å². The fourth-order valence-electron chi connectivity index (χ4n) is 1.92. The molecule has 19 heavy (non-hydrogen) atoms. The summed E-state index contributed by atoms with van der Waals surface area (Å²) in [5, 5.41) is 0.660. The molecule has 0 spiro atoms. The van der Waals surface area contributed by atoms with Crippen LogP contribution in [0.15, 0.2) is 6.07 Å². The predicted octanol–water partition coefficient (Wildman–Crippen LogP) is 4.68. The Bertz CT molecular complexity index is 458. The molecule has 0 saturated carbocycles. The maximum atomic E-state index is 12.3. The van der Waals surface area contributed by atoms with Crippen LogP contribution in [0.1, 0.15) is 41.8 Å². The predicted molar refractivity (Wildman–Crippen MR) is 84.0 cm³/mol. The van der Waals surface area contributed by atoms with E-state index in [2.05, 4.69) is 6.92 Å². The number of ether oxygens (including phenoxy) is 1. The van der Waals surface area contributed by atoms with Gasteiger partial charge in [-0.2, -0.15) is 11.8 Å². The van der Waals surface area contributed by atoms with Crippen LogP contribution in [-0.4, -0.2) is 23.9 Å². The third-order valence-corrected chi connectivity index (χ3v) is 4.55. The lowest BCUT2D eigenvalue weighted by molar-refractivity contribution is 0.101. The van der Waals surface area contributed by atoms with Gasteiger partial charge in [-0.3, -0.25) is 4.79 Å². The SMILES string of the molecule is CCCSCC(=O)c1c(OCC)cc(C)c(Cl)c1C. The fourth-order valence-corrected chi connectivity index (χ4v) is 2.83. The largest absolute Gasteiger partial charge is 0.493 e. The van der Waals surface area contributed by atoms with Crippen LogP contribution in [0.5, 0.6) is 5.75 Å². The third kappa shape index (κ3) is 4.15. The second-order valence-electron chi connectivity index (χ2n) is 4.41. The van der Waals surface area contributed by atoms with Crippen molar-refractivity contribution >= 4 is 29.1 Å². The van der Waals surface area contributed by atoms with Crippen LogP contribution in [0.3, 0.4) is 0 Å². The highest BCUT2D eigenvalue weighted by molar-refractivity contribution is 7.99. The van der Waals surface area contributed by atoms with Crippen molar-refractivity contribution in [1.82, 2.24) is 0 Å². The quantitative estimate of drug-likeness (QED) is 0.540. The van der Waals surface area contributed by atoms with E-state index in [1.54, 1.807) is 11.8 Å². The molecule has 0 bridgehead atoms. The highest BCUT2D eigenvalue weighted by Gasteiger charge is 2.19. The minimum Gasteiger partial charge on any atom is -0.493 e. The number of carbonyl (C=O) groups is 1. The fraction of sp³-hybridized carbons (Fsp3) is 0.533. The van der Waals surface area contributed by atoms with E-state index >= 15 is 0 Å². The number of aryl methyl sites for hydroxylation is 1. The van der Waals surface area contributed by atoms with Crippen LogP contribution in [0.25, 0.3) is 0 Å². The molecule has 0 amide bonds. The van der Waals surface area contributed by atoms with Gasteiger partial charge in [-0.15, -0.1) is 0 Å². The third-order valence-electron chi connectivity index (χ3n) is 2.80. The van der Waals surface area contributed by atoms with E-state index in [4.69, 9.17) is 16.3 Å². The average molecular weight is 301 g/mol. The van der Waals surface area contributed by atoms with Crippen molar-refractivity contribution in [2.24, 2.45) is 0 Å². The summed E-state index contributed by atoms with van der Waals surface area (Å²) in [7, 11) is 0. The average Bonchev–Trinajstić information content (AvgIpc) is 2.37. The molecular weight excluding hydrogens is 280 g/mol. The number of Topliss-reactive ketones (excluding diaryl/α,β-unsaturated/α-hetero) is 1.